The fraction of sp³-hybridized carbons (Fsp3) is 0.292. The van der Waals surface area contributed by atoms with Gasteiger partial charge in [-0.3, -0.25) is 4.79 Å². The van der Waals surface area contributed by atoms with Crippen LogP contribution in [0.15, 0.2) is 54.7 Å². The maximum absolute atomic E-state index is 12.2. The van der Waals surface area contributed by atoms with Gasteiger partial charge in [-0.05, 0) is 28.7 Å². The number of benzene rings is 2. The second-order valence-corrected chi connectivity index (χ2v) is 7.89. The van der Waals surface area contributed by atoms with Gasteiger partial charge in [-0.2, -0.15) is 0 Å². The van der Waals surface area contributed by atoms with Crippen LogP contribution in [0.3, 0.4) is 0 Å². The van der Waals surface area contributed by atoms with Crippen LogP contribution >= 0.6 is 0 Å². The first-order valence-corrected chi connectivity index (χ1v) is 11.0. The van der Waals surface area contributed by atoms with Gasteiger partial charge < -0.3 is 20.5 Å². The standard InChI is InChI=1S/C24H25N5O5/c1-2-20(23(31)32)26-22(30)21-13-29(28-27-21)12-11-25-24(33)34-14-19-17-9-5-3-7-15(17)16-8-4-6-10-18(16)19/h3-10,13,19-20H,2,11-12,14H2,1H3,(H,25,33)(H,26,30)(H,31,32)/t20-/m1/s1. The summed E-state index contributed by atoms with van der Waals surface area (Å²) in [5, 5.41) is 21.7. The molecular weight excluding hydrogens is 438 g/mol. The Labute approximate surface area is 195 Å². The second kappa shape index (κ2) is 10.2. The smallest absolute Gasteiger partial charge is 0.407 e. The highest BCUT2D eigenvalue weighted by molar-refractivity contribution is 5.94. The molecule has 2 amide bonds. The van der Waals surface area contributed by atoms with Crippen molar-refractivity contribution in [1.29, 1.82) is 0 Å². The minimum atomic E-state index is -1.12. The predicted molar refractivity (Wildman–Crippen MR) is 122 cm³/mol. The molecule has 0 saturated carbocycles. The molecule has 3 N–H and O–H groups in total. The Morgan fingerprint density at radius 1 is 1.09 bits per heavy atom. The number of nitrogens with one attached hydrogen (secondary N) is 2. The molecule has 0 bridgehead atoms. The molecule has 0 radical (unpaired) electrons. The predicted octanol–water partition coefficient (Wildman–Crippen LogP) is 2.41. The van der Waals surface area contributed by atoms with Crippen molar-refractivity contribution in [2.45, 2.75) is 31.8 Å². The lowest BCUT2D eigenvalue weighted by Crippen LogP contribution is -2.40. The molecule has 0 fully saturated rings. The van der Waals surface area contributed by atoms with Crippen molar-refractivity contribution in [3.63, 3.8) is 0 Å². The van der Waals surface area contributed by atoms with Crippen molar-refractivity contribution < 1.29 is 24.2 Å². The van der Waals surface area contributed by atoms with E-state index in [0.717, 1.165) is 22.3 Å². The second-order valence-electron chi connectivity index (χ2n) is 7.89. The van der Waals surface area contributed by atoms with Gasteiger partial charge >= 0.3 is 12.1 Å². The van der Waals surface area contributed by atoms with Crippen molar-refractivity contribution in [2.24, 2.45) is 0 Å². The number of carbonyl (C=O) groups is 3. The number of ether oxygens (including phenoxy) is 1. The number of rotatable bonds is 9. The summed E-state index contributed by atoms with van der Waals surface area (Å²) in [6.07, 6.45) is 1.09. The molecule has 2 aromatic carbocycles. The summed E-state index contributed by atoms with van der Waals surface area (Å²) in [6.45, 7) is 2.36. The zero-order chi connectivity index (χ0) is 24.1. The van der Waals surface area contributed by atoms with E-state index in [1.165, 1.54) is 10.9 Å². The number of carboxylic acid groups (broad SMARTS) is 1. The fourth-order valence-electron chi connectivity index (χ4n) is 4.00. The van der Waals surface area contributed by atoms with E-state index in [2.05, 4.69) is 45.2 Å². The Morgan fingerprint density at radius 2 is 1.74 bits per heavy atom. The molecule has 0 aliphatic heterocycles. The lowest BCUT2D eigenvalue weighted by Gasteiger charge is -2.14. The van der Waals surface area contributed by atoms with Crippen LogP contribution in [-0.2, 0) is 16.1 Å². The van der Waals surface area contributed by atoms with Gasteiger partial charge in [0.25, 0.3) is 5.91 Å². The van der Waals surface area contributed by atoms with Gasteiger partial charge in [0, 0.05) is 12.5 Å². The van der Waals surface area contributed by atoms with Crippen LogP contribution in [-0.4, -0.2) is 57.3 Å². The fourth-order valence-corrected chi connectivity index (χ4v) is 4.00. The molecule has 4 rings (SSSR count). The van der Waals surface area contributed by atoms with Gasteiger partial charge in [-0.15, -0.1) is 5.10 Å². The maximum Gasteiger partial charge on any atom is 0.407 e. The molecule has 1 atom stereocenters. The van der Waals surface area contributed by atoms with Crippen LogP contribution in [0.25, 0.3) is 11.1 Å². The summed E-state index contributed by atoms with van der Waals surface area (Å²) in [6, 6.07) is 15.2. The summed E-state index contributed by atoms with van der Waals surface area (Å²) in [7, 11) is 0. The van der Waals surface area contributed by atoms with E-state index in [1.54, 1.807) is 6.92 Å². The van der Waals surface area contributed by atoms with Gasteiger partial charge in [0.15, 0.2) is 5.69 Å². The Kier molecular flexibility index (Phi) is 6.86. The molecule has 1 aliphatic rings. The largest absolute Gasteiger partial charge is 0.480 e. The van der Waals surface area contributed by atoms with E-state index < -0.39 is 24.0 Å². The molecule has 1 aliphatic carbocycles. The van der Waals surface area contributed by atoms with Crippen LogP contribution < -0.4 is 10.6 Å². The number of fused-ring (bicyclic) bond motifs is 3. The number of nitrogens with zero attached hydrogens (tertiary/aromatic N) is 3. The average molecular weight is 463 g/mol. The topological polar surface area (TPSA) is 135 Å². The van der Waals surface area contributed by atoms with E-state index in [9.17, 15) is 14.4 Å². The van der Waals surface area contributed by atoms with Crippen molar-refractivity contribution in [1.82, 2.24) is 25.6 Å². The minimum Gasteiger partial charge on any atom is -0.480 e. The molecule has 3 aromatic rings. The lowest BCUT2D eigenvalue weighted by molar-refractivity contribution is -0.139. The molecule has 0 spiro atoms. The highest BCUT2D eigenvalue weighted by atomic mass is 16.5. The highest BCUT2D eigenvalue weighted by Gasteiger charge is 2.29. The van der Waals surface area contributed by atoms with Crippen LogP contribution in [0.1, 0.15) is 40.9 Å². The van der Waals surface area contributed by atoms with Crippen molar-refractivity contribution in [2.75, 3.05) is 13.2 Å². The number of amides is 2. The summed E-state index contributed by atoms with van der Waals surface area (Å²) in [5.41, 5.74) is 4.59. The molecule has 10 heteroatoms. The van der Waals surface area contributed by atoms with Crippen LogP contribution in [0.4, 0.5) is 4.79 Å². The third-order valence-corrected chi connectivity index (χ3v) is 5.74. The van der Waals surface area contributed by atoms with E-state index in [0.29, 0.717) is 0 Å². The van der Waals surface area contributed by atoms with E-state index >= 15 is 0 Å². The van der Waals surface area contributed by atoms with Gasteiger partial charge in [-0.25, -0.2) is 14.3 Å². The summed E-state index contributed by atoms with van der Waals surface area (Å²) in [4.78, 5) is 35.4. The Bertz CT molecular complexity index is 1160. The zero-order valence-electron chi connectivity index (χ0n) is 18.6. The number of hydrogen-bond donors (Lipinski definition) is 3. The molecule has 1 aromatic heterocycles. The van der Waals surface area contributed by atoms with E-state index in [1.807, 2.05) is 24.3 Å². The van der Waals surface area contributed by atoms with Crippen molar-refractivity contribution in [3.8, 4) is 11.1 Å². The van der Waals surface area contributed by atoms with E-state index in [4.69, 9.17) is 9.84 Å². The summed E-state index contributed by atoms with van der Waals surface area (Å²) in [5.74, 6) is -1.76. The molecule has 10 nitrogen and oxygen atoms in total. The lowest BCUT2D eigenvalue weighted by atomic mass is 9.98. The monoisotopic (exact) mass is 463 g/mol. The highest BCUT2D eigenvalue weighted by Crippen LogP contribution is 2.44. The van der Waals surface area contributed by atoms with E-state index in [-0.39, 0.29) is 37.7 Å². The maximum atomic E-state index is 12.2. The third kappa shape index (κ3) is 4.90. The van der Waals surface area contributed by atoms with Crippen LogP contribution in [0.5, 0.6) is 0 Å². The number of alkyl carbamates (subject to hydrolysis) is 1. The minimum absolute atomic E-state index is 0.000778. The van der Waals surface area contributed by atoms with Gasteiger partial charge in [0.05, 0.1) is 12.7 Å². The normalized spacial score (nSPS) is 13.0. The Hall–Kier alpha value is -4.21. The molecule has 0 unspecified atom stereocenters. The summed E-state index contributed by atoms with van der Waals surface area (Å²) < 4.78 is 6.87. The summed E-state index contributed by atoms with van der Waals surface area (Å²) >= 11 is 0. The van der Waals surface area contributed by atoms with Crippen LogP contribution in [0.2, 0.25) is 0 Å². The first kappa shape index (κ1) is 23.0. The SMILES string of the molecule is CC[C@@H](NC(=O)c1cn(CCNC(=O)OCC2c3ccccc3-c3ccccc32)nn1)C(=O)O. The van der Waals surface area contributed by atoms with Crippen LogP contribution in [0, 0.1) is 0 Å². The van der Waals surface area contributed by atoms with Gasteiger partial charge in [-0.1, -0.05) is 60.7 Å². The number of carbonyl (C=O) groups excluding carboxylic acids is 2. The number of hydrogen-bond acceptors (Lipinski definition) is 6. The number of aromatic nitrogens is 3. The van der Waals surface area contributed by atoms with Crippen molar-refractivity contribution >= 4 is 18.0 Å². The first-order valence-electron chi connectivity index (χ1n) is 11.0. The molecule has 1 heterocycles. The van der Waals surface area contributed by atoms with Gasteiger partial charge in [0.1, 0.15) is 12.6 Å². The third-order valence-electron chi connectivity index (χ3n) is 5.74. The van der Waals surface area contributed by atoms with Gasteiger partial charge in [0.2, 0.25) is 0 Å². The Balaban J connectivity index is 1.26. The Morgan fingerprint density at radius 3 is 2.35 bits per heavy atom. The zero-order valence-corrected chi connectivity index (χ0v) is 18.6. The first-order chi connectivity index (χ1) is 16.5. The average Bonchev–Trinajstić information content (AvgIpc) is 3.44. The molecule has 176 valence electrons. The number of carboxylic acids is 1. The molecule has 34 heavy (non-hydrogen) atoms. The van der Waals surface area contributed by atoms with Crippen molar-refractivity contribution in [3.05, 3.63) is 71.5 Å². The quantitative estimate of drug-likeness (QED) is 0.443. The molecular formula is C24H25N5O5. The number of aliphatic carboxylic acids is 1. The molecule has 0 saturated heterocycles.